The molecule has 31 heavy (non-hydrogen) atoms. The molecule has 3 aromatic rings. The summed E-state index contributed by atoms with van der Waals surface area (Å²) in [5.41, 5.74) is 2.26. The zero-order chi connectivity index (χ0) is 22.1. The lowest BCUT2D eigenvalue weighted by Crippen LogP contribution is -2.24. The van der Waals surface area contributed by atoms with Crippen LogP contribution in [0, 0.1) is 0 Å². The molecule has 3 aromatic carbocycles. The van der Waals surface area contributed by atoms with E-state index in [1.807, 2.05) is 42.5 Å². The number of fused-ring (bicyclic) bond motifs is 1. The highest BCUT2D eigenvalue weighted by Gasteiger charge is 2.38. The summed E-state index contributed by atoms with van der Waals surface area (Å²) in [5.74, 6) is -2.00. The number of amides is 1. The van der Waals surface area contributed by atoms with Crippen LogP contribution in [0.1, 0.15) is 22.8 Å². The highest BCUT2D eigenvalue weighted by molar-refractivity contribution is 6.25. The van der Waals surface area contributed by atoms with Gasteiger partial charge in [0.15, 0.2) is 0 Å². The van der Waals surface area contributed by atoms with E-state index in [4.69, 9.17) is 9.84 Å². The summed E-state index contributed by atoms with van der Waals surface area (Å²) in [5, 5.41) is 10.9. The molecular formula is C25H19NO5. The number of aromatic carboxylic acids is 1. The minimum Gasteiger partial charge on any atom is -0.478 e. The van der Waals surface area contributed by atoms with E-state index in [-0.39, 0.29) is 22.6 Å². The smallest absolute Gasteiger partial charge is 0.340 e. The third-order valence-electron chi connectivity index (χ3n) is 5.27. The molecule has 0 saturated heterocycles. The van der Waals surface area contributed by atoms with Crippen molar-refractivity contribution in [1.29, 1.82) is 0 Å². The lowest BCUT2D eigenvalue weighted by Gasteiger charge is -2.20. The number of anilines is 1. The molecule has 6 nitrogen and oxygen atoms in total. The number of allylic oxidation sites excluding steroid dienone is 1. The third-order valence-corrected chi connectivity index (χ3v) is 5.27. The second kappa shape index (κ2) is 7.91. The predicted molar refractivity (Wildman–Crippen MR) is 118 cm³/mol. The molecule has 0 saturated carbocycles. The summed E-state index contributed by atoms with van der Waals surface area (Å²) in [7, 11) is 1.27. The van der Waals surface area contributed by atoms with Gasteiger partial charge in [-0.15, -0.1) is 0 Å². The molecule has 1 N–H and O–H groups in total. The van der Waals surface area contributed by atoms with Crippen LogP contribution in [0.5, 0.6) is 0 Å². The van der Waals surface area contributed by atoms with Gasteiger partial charge in [0, 0.05) is 11.1 Å². The molecule has 0 atom stereocenters. The van der Waals surface area contributed by atoms with Crippen molar-refractivity contribution in [3.8, 4) is 0 Å². The number of carboxylic acid groups (broad SMARTS) is 1. The molecule has 0 bridgehead atoms. The number of esters is 1. The largest absolute Gasteiger partial charge is 0.478 e. The first kappa shape index (κ1) is 20.1. The molecule has 154 valence electrons. The van der Waals surface area contributed by atoms with Gasteiger partial charge in [-0.3, -0.25) is 9.69 Å². The minimum atomic E-state index is -1.04. The maximum absolute atomic E-state index is 13.5. The fourth-order valence-corrected chi connectivity index (χ4v) is 3.76. The van der Waals surface area contributed by atoms with E-state index in [9.17, 15) is 14.4 Å². The lowest BCUT2D eigenvalue weighted by atomic mass is 10.0. The zero-order valence-corrected chi connectivity index (χ0v) is 17.0. The van der Waals surface area contributed by atoms with Gasteiger partial charge in [-0.05, 0) is 42.1 Å². The Morgan fingerprint density at radius 2 is 1.65 bits per heavy atom. The Morgan fingerprint density at radius 1 is 0.968 bits per heavy atom. The van der Waals surface area contributed by atoms with Crippen LogP contribution in [0.2, 0.25) is 0 Å². The van der Waals surface area contributed by atoms with Gasteiger partial charge in [0.05, 0.1) is 29.5 Å². The Balaban J connectivity index is 1.86. The molecule has 0 spiro atoms. The normalized spacial score (nSPS) is 15.1. The molecule has 6 heteroatoms. The summed E-state index contributed by atoms with van der Waals surface area (Å²) in [4.78, 5) is 38.7. The van der Waals surface area contributed by atoms with Crippen LogP contribution in [-0.4, -0.2) is 30.1 Å². The van der Waals surface area contributed by atoms with Crippen molar-refractivity contribution in [2.75, 3.05) is 12.0 Å². The predicted octanol–water partition coefficient (Wildman–Crippen LogP) is 4.42. The zero-order valence-electron chi connectivity index (χ0n) is 17.0. The fourth-order valence-electron chi connectivity index (χ4n) is 3.76. The van der Waals surface area contributed by atoms with Gasteiger partial charge in [0.25, 0.3) is 5.91 Å². The van der Waals surface area contributed by atoms with Crippen molar-refractivity contribution < 1.29 is 24.2 Å². The molecule has 1 amide bonds. The molecule has 0 fully saturated rings. The average molecular weight is 413 g/mol. The second-order valence-electron chi connectivity index (χ2n) is 7.08. The Hall–Kier alpha value is -4.19. The summed E-state index contributed by atoms with van der Waals surface area (Å²) in [6.07, 6.45) is 1.58. The number of benzene rings is 3. The van der Waals surface area contributed by atoms with E-state index in [2.05, 4.69) is 0 Å². The van der Waals surface area contributed by atoms with Crippen molar-refractivity contribution in [3.05, 3.63) is 94.7 Å². The molecule has 0 aromatic heterocycles. The molecule has 0 aliphatic carbocycles. The first-order valence-electron chi connectivity index (χ1n) is 9.59. The molecule has 1 aliphatic rings. The Morgan fingerprint density at radius 3 is 2.32 bits per heavy atom. The summed E-state index contributed by atoms with van der Waals surface area (Å²) < 4.78 is 4.95. The summed E-state index contributed by atoms with van der Waals surface area (Å²) in [6, 6.07) is 19.4. The average Bonchev–Trinajstić information content (AvgIpc) is 3.02. The number of ether oxygens (including phenoxy) is 1. The molecular weight excluding hydrogens is 394 g/mol. The van der Waals surface area contributed by atoms with Crippen LogP contribution in [0.15, 0.2) is 83.6 Å². The summed E-state index contributed by atoms with van der Waals surface area (Å²) in [6.45, 7) is 1.71. The van der Waals surface area contributed by atoms with Gasteiger partial charge < -0.3 is 9.84 Å². The van der Waals surface area contributed by atoms with E-state index in [1.54, 1.807) is 25.1 Å². The van der Waals surface area contributed by atoms with Gasteiger partial charge in [-0.25, -0.2) is 9.59 Å². The van der Waals surface area contributed by atoms with Crippen LogP contribution in [0.25, 0.3) is 16.8 Å². The molecule has 1 heterocycles. The monoisotopic (exact) mass is 413 g/mol. The maximum Gasteiger partial charge on any atom is 0.340 e. The highest BCUT2D eigenvalue weighted by Crippen LogP contribution is 2.38. The van der Waals surface area contributed by atoms with Crippen LogP contribution in [-0.2, 0) is 14.3 Å². The first-order valence-corrected chi connectivity index (χ1v) is 9.59. The number of carboxylic acids is 1. The topological polar surface area (TPSA) is 83.9 Å². The number of hydrogen-bond acceptors (Lipinski definition) is 4. The SMILES string of the molecule is COC(=O)C1=C(C)N(c2cccc3ccccc23)C(=O)C1=Cc1ccc(C(=O)O)cc1. The number of nitrogens with zero attached hydrogens (tertiary/aromatic N) is 1. The van der Waals surface area contributed by atoms with Crippen molar-refractivity contribution in [1.82, 2.24) is 0 Å². The third kappa shape index (κ3) is 3.48. The molecule has 4 rings (SSSR count). The van der Waals surface area contributed by atoms with Gasteiger partial charge >= 0.3 is 11.9 Å². The standard InChI is InChI=1S/C25H19NO5/c1-15-22(25(30)31-2)20(14-16-10-12-18(13-11-16)24(28)29)23(27)26(15)21-9-5-7-17-6-3-4-8-19(17)21/h3-14H,1-2H3,(H,28,29). The number of methoxy groups -OCH3 is 1. The van der Waals surface area contributed by atoms with Gasteiger partial charge in [0.2, 0.25) is 0 Å². The van der Waals surface area contributed by atoms with Crippen molar-refractivity contribution >= 4 is 40.4 Å². The van der Waals surface area contributed by atoms with Crippen molar-refractivity contribution in [2.24, 2.45) is 0 Å². The van der Waals surface area contributed by atoms with Crippen molar-refractivity contribution in [3.63, 3.8) is 0 Å². The van der Waals surface area contributed by atoms with E-state index < -0.39 is 11.9 Å². The minimum absolute atomic E-state index is 0.136. The molecule has 0 unspecified atom stereocenters. The van der Waals surface area contributed by atoms with Crippen molar-refractivity contribution in [2.45, 2.75) is 6.92 Å². The van der Waals surface area contributed by atoms with E-state index in [1.165, 1.54) is 24.1 Å². The maximum atomic E-state index is 13.5. The van der Waals surface area contributed by atoms with E-state index in [0.29, 0.717) is 16.9 Å². The van der Waals surface area contributed by atoms with E-state index in [0.717, 1.165) is 10.8 Å². The lowest BCUT2D eigenvalue weighted by molar-refractivity contribution is -0.136. The number of carbonyl (C=O) groups excluding carboxylic acids is 2. The molecule has 1 aliphatic heterocycles. The van der Waals surface area contributed by atoms with Gasteiger partial charge in [0.1, 0.15) is 0 Å². The highest BCUT2D eigenvalue weighted by atomic mass is 16.5. The quantitative estimate of drug-likeness (QED) is 0.506. The van der Waals surface area contributed by atoms with Gasteiger partial charge in [-0.2, -0.15) is 0 Å². The second-order valence-corrected chi connectivity index (χ2v) is 7.08. The fraction of sp³-hybridized carbons (Fsp3) is 0.0800. The molecule has 0 radical (unpaired) electrons. The van der Waals surface area contributed by atoms with Gasteiger partial charge in [-0.1, -0.05) is 48.5 Å². The van der Waals surface area contributed by atoms with Crippen LogP contribution >= 0.6 is 0 Å². The van der Waals surface area contributed by atoms with Crippen LogP contribution in [0.4, 0.5) is 5.69 Å². The van der Waals surface area contributed by atoms with Crippen LogP contribution < -0.4 is 4.90 Å². The number of carbonyl (C=O) groups is 3. The first-order chi connectivity index (χ1) is 14.9. The van der Waals surface area contributed by atoms with Crippen LogP contribution in [0.3, 0.4) is 0 Å². The Bertz CT molecular complexity index is 1280. The number of rotatable bonds is 4. The Labute approximate surface area is 178 Å². The Kier molecular flexibility index (Phi) is 5.13. The van der Waals surface area contributed by atoms with E-state index >= 15 is 0 Å². The summed E-state index contributed by atoms with van der Waals surface area (Å²) >= 11 is 0. The number of hydrogen-bond donors (Lipinski definition) is 1.